The van der Waals surface area contributed by atoms with Crippen molar-refractivity contribution in [2.75, 3.05) is 46.5 Å². The number of pyridine rings is 1. The van der Waals surface area contributed by atoms with E-state index >= 15 is 0 Å². The molecule has 0 radical (unpaired) electrons. The number of nitrogens with zero attached hydrogens (tertiary/aromatic N) is 3. The molecule has 3 rings (SSSR count). The van der Waals surface area contributed by atoms with Gasteiger partial charge in [-0.2, -0.15) is 0 Å². The van der Waals surface area contributed by atoms with Gasteiger partial charge < -0.3 is 9.80 Å². The number of benzene rings is 1. The minimum absolute atomic E-state index is 0.0279. The van der Waals surface area contributed by atoms with Gasteiger partial charge in [0.05, 0.1) is 17.6 Å². The fraction of sp³-hybridized carbons (Fsp3) is 0.353. The van der Waals surface area contributed by atoms with Gasteiger partial charge in [-0.05, 0) is 43.3 Å². The fourth-order valence-electron chi connectivity index (χ4n) is 2.73. The molecule has 0 unspecified atom stereocenters. The molecule has 0 aliphatic carbocycles. The Morgan fingerprint density at radius 1 is 1.04 bits per heavy atom. The lowest BCUT2D eigenvalue weighted by Crippen LogP contribution is -2.46. The predicted octanol–water partition coefficient (Wildman–Crippen LogP) is 2.31. The molecule has 8 heteroatoms. The van der Waals surface area contributed by atoms with Crippen molar-refractivity contribution in [3.63, 3.8) is 0 Å². The molecule has 134 valence electrons. The summed E-state index contributed by atoms with van der Waals surface area (Å²) in [6.45, 7) is 4.81. The summed E-state index contributed by atoms with van der Waals surface area (Å²) in [5.41, 5.74) is 1.48. The highest BCUT2D eigenvalue weighted by atomic mass is 32.2. The molecule has 25 heavy (non-hydrogen) atoms. The minimum Gasteiger partial charge on any atom is -0.368 e. The summed E-state index contributed by atoms with van der Waals surface area (Å²) in [5, 5.41) is 0. The molecule has 1 aliphatic heterocycles. The van der Waals surface area contributed by atoms with Crippen molar-refractivity contribution in [2.24, 2.45) is 0 Å². The molecular weight excluding hydrogens is 343 g/mol. The van der Waals surface area contributed by atoms with E-state index in [4.69, 9.17) is 0 Å². The average Bonchev–Trinajstić information content (AvgIpc) is 2.63. The van der Waals surface area contributed by atoms with Crippen molar-refractivity contribution < 1.29 is 12.8 Å². The Bertz CT molecular complexity index is 802. The molecule has 0 spiro atoms. The molecule has 0 atom stereocenters. The summed E-state index contributed by atoms with van der Waals surface area (Å²) < 4.78 is 38.6. The highest BCUT2D eigenvalue weighted by Crippen LogP contribution is 2.20. The SMILES string of the molecule is CCS(=O)(=O)Nc1ccc(N2CCN(c3ccc(F)cc3)CC2)nc1. The summed E-state index contributed by atoms with van der Waals surface area (Å²) in [5.74, 6) is 0.615. The third kappa shape index (κ3) is 4.39. The van der Waals surface area contributed by atoms with Crippen molar-refractivity contribution in [3.05, 3.63) is 48.4 Å². The van der Waals surface area contributed by atoms with Crippen LogP contribution in [0, 0.1) is 5.82 Å². The van der Waals surface area contributed by atoms with Crippen LogP contribution in [0.1, 0.15) is 6.92 Å². The van der Waals surface area contributed by atoms with Crippen LogP contribution in [-0.4, -0.2) is 45.3 Å². The lowest BCUT2D eigenvalue weighted by molar-refractivity contribution is 0.602. The van der Waals surface area contributed by atoms with Crippen LogP contribution in [0.25, 0.3) is 0 Å². The number of sulfonamides is 1. The largest absolute Gasteiger partial charge is 0.368 e. The minimum atomic E-state index is -3.29. The van der Waals surface area contributed by atoms with Gasteiger partial charge in [-0.25, -0.2) is 17.8 Å². The molecule has 1 saturated heterocycles. The van der Waals surface area contributed by atoms with Crippen LogP contribution in [0.4, 0.5) is 21.6 Å². The Labute approximate surface area is 147 Å². The number of anilines is 3. The number of halogens is 1. The van der Waals surface area contributed by atoms with E-state index in [1.165, 1.54) is 18.3 Å². The first-order valence-corrected chi connectivity index (χ1v) is 9.84. The van der Waals surface area contributed by atoms with Gasteiger partial charge in [0.25, 0.3) is 0 Å². The Morgan fingerprint density at radius 3 is 2.24 bits per heavy atom. The lowest BCUT2D eigenvalue weighted by Gasteiger charge is -2.36. The van der Waals surface area contributed by atoms with Gasteiger partial charge in [0.15, 0.2) is 0 Å². The first-order valence-electron chi connectivity index (χ1n) is 8.19. The summed E-state index contributed by atoms with van der Waals surface area (Å²) in [4.78, 5) is 8.72. The molecule has 1 aliphatic rings. The number of nitrogens with one attached hydrogen (secondary N) is 1. The van der Waals surface area contributed by atoms with Gasteiger partial charge >= 0.3 is 0 Å². The second-order valence-corrected chi connectivity index (χ2v) is 7.87. The molecule has 0 amide bonds. The molecule has 1 aromatic heterocycles. The van der Waals surface area contributed by atoms with E-state index in [1.807, 2.05) is 6.07 Å². The maximum Gasteiger partial charge on any atom is 0.232 e. The third-order valence-corrected chi connectivity index (χ3v) is 5.50. The zero-order chi connectivity index (χ0) is 17.9. The predicted molar refractivity (Wildman–Crippen MR) is 98.1 cm³/mol. The monoisotopic (exact) mass is 364 g/mol. The van der Waals surface area contributed by atoms with E-state index < -0.39 is 10.0 Å². The Kier molecular flexibility index (Phi) is 5.08. The van der Waals surface area contributed by atoms with Gasteiger partial charge in [0, 0.05) is 31.9 Å². The number of rotatable bonds is 5. The number of piperazine rings is 1. The first kappa shape index (κ1) is 17.5. The molecule has 1 N–H and O–H groups in total. The van der Waals surface area contributed by atoms with Crippen LogP contribution >= 0.6 is 0 Å². The number of hydrogen-bond acceptors (Lipinski definition) is 5. The second kappa shape index (κ2) is 7.26. The van der Waals surface area contributed by atoms with Gasteiger partial charge in [0.1, 0.15) is 11.6 Å². The van der Waals surface area contributed by atoms with Crippen LogP contribution in [0.15, 0.2) is 42.6 Å². The molecule has 2 heterocycles. The Hall–Kier alpha value is -2.35. The lowest BCUT2D eigenvalue weighted by atomic mass is 10.2. The summed E-state index contributed by atoms with van der Waals surface area (Å²) in [6.07, 6.45) is 1.54. The topological polar surface area (TPSA) is 65.5 Å². The van der Waals surface area contributed by atoms with Crippen molar-refractivity contribution in [3.8, 4) is 0 Å². The van der Waals surface area contributed by atoms with E-state index in [0.29, 0.717) is 5.69 Å². The Balaban J connectivity index is 1.60. The molecule has 0 saturated carbocycles. The summed E-state index contributed by atoms with van der Waals surface area (Å²) in [6, 6.07) is 10.1. The maximum absolute atomic E-state index is 13.0. The number of hydrogen-bond donors (Lipinski definition) is 1. The van der Waals surface area contributed by atoms with E-state index in [2.05, 4.69) is 19.5 Å². The van der Waals surface area contributed by atoms with Gasteiger partial charge in [-0.1, -0.05) is 0 Å². The normalized spacial score (nSPS) is 15.3. The molecule has 1 aromatic carbocycles. The molecule has 6 nitrogen and oxygen atoms in total. The van der Waals surface area contributed by atoms with Gasteiger partial charge in [-0.15, -0.1) is 0 Å². The van der Waals surface area contributed by atoms with Crippen LogP contribution in [0.5, 0.6) is 0 Å². The summed E-state index contributed by atoms with van der Waals surface area (Å²) in [7, 11) is -3.29. The molecular formula is C17H21FN4O2S. The third-order valence-electron chi connectivity index (χ3n) is 4.20. The zero-order valence-electron chi connectivity index (χ0n) is 14.0. The van der Waals surface area contributed by atoms with Crippen molar-refractivity contribution in [2.45, 2.75) is 6.92 Å². The Morgan fingerprint density at radius 2 is 1.68 bits per heavy atom. The maximum atomic E-state index is 13.0. The molecule has 1 fully saturated rings. The molecule has 0 bridgehead atoms. The first-order chi connectivity index (χ1) is 12.0. The highest BCUT2D eigenvalue weighted by molar-refractivity contribution is 7.92. The van der Waals surface area contributed by atoms with Crippen molar-refractivity contribution in [1.82, 2.24) is 4.98 Å². The van der Waals surface area contributed by atoms with Crippen molar-refractivity contribution >= 4 is 27.2 Å². The number of aromatic nitrogens is 1. The van der Waals surface area contributed by atoms with E-state index in [1.54, 1.807) is 25.1 Å². The van der Waals surface area contributed by atoms with E-state index in [9.17, 15) is 12.8 Å². The second-order valence-electron chi connectivity index (χ2n) is 5.86. The van der Waals surface area contributed by atoms with E-state index in [0.717, 1.165) is 37.7 Å². The quantitative estimate of drug-likeness (QED) is 0.882. The fourth-order valence-corrected chi connectivity index (χ4v) is 3.36. The van der Waals surface area contributed by atoms with Crippen LogP contribution in [0.2, 0.25) is 0 Å². The van der Waals surface area contributed by atoms with Gasteiger partial charge in [0.2, 0.25) is 10.0 Å². The van der Waals surface area contributed by atoms with E-state index in [-0.39, 0.29) is 11.6 Å². The zero-order valence-corrected chi connectivity index (χ0v) is 14.8. The van der Waals surface area contributed by atoms with Crippen molar-refractivity contribution in [1.29, 1.82) is 0 Å². The van der Waals surface area contributed by atoms with Crippen LogP contribution in [0.3, 0.4) is 0 Å². The highest BCUT2D eigenvalue weighted by Gasteiger charge is 2.18. The summed E-state index contributed by atoms with van der Waals surface area (Å²) >= 11 is 0. The average molecular weight is 364 g/mol. The smallest absolute Gasteiger partial charge is 0.232 e. The van der Waals surface area contributed by atoms with Crippen LogP contribution in [-0.2, 0) is 10.0 Å². The standard InChI is InChI=1S/C17H21FN4O2S/c1-2-25(23,24)20-15-5-8-17(19-13-15)22-11-9-21(10-12-22)16-6-3-14(18)4-7-16/h3-8,13,20H,2,9-12H2,1H3. The van der Waals surface area contributed by atoms with Crippen LogP contribution < -0.4 is 14.5 Å². The molecule has 2 aromatic rings. The van der Waals surface area contributed by atoms with Gasteiger partial charge in [-0.3, -0.25) is 4.72 Å².